The standard InChI is InChI=1S/C17H14N2O4/c20-13-4-2-1-3-12(13)16-10-18-17(23-16)19-11-5-6-14-15(9-11)22-8-7-21-14/h1-6,9-10,20H,7-8H2,(H,18,19). The number of benzene rings is 2. The molecule has 23 heavy (non-hydrogen) atoms. The third-order valence-corrected chi connectivity index (χ3v) is 3.47. The van der Waals surface area contributed by atoms with Crippen molar-refractivity contribution >= 4 is 11.7 Å². The van der Waals surface area contributed by atoms with Gasteiger partial charge in [-0.3, -0.25) is 0 Å². The number of hydrogen-bond acceptors (Lipinski definition) is 6. The number of rotatable bonds is 3. The van der Waals surface area contributed by atoms with E-state index in [0.29, 0.717) is 36.3 Å². The Balaban J connectivity index is 1.57. The summed E-state index contributed by atoms with van der Waals surface area (Å²) in [6, 6.07) is 12.8. The topological polar surface area (TPSA) is 76.8 Å². The first-order valence-corrected chi connectivity index (χ1v) is 7.20. The Morgan fingerprint density at radius 3 is 2.70 bits per heavy atom. The van der Waals surface area contributed by atoms with E-state index >= 15 is 0 Å². The van der Waals surface area contributed by atoms with E-state index in [9.17, 15) is 5.11 Å². The number of aromatic hydroxyl groups is 1. The Hall–Kier alpha value is -3.15. The van der Waals surface area contributed by atoms with Crippen molar-refractivity contribution < 1.29 is 19.0 Å². The van der Waals surface area contributed by atoms with Crippen LogP contribution in [0, 0.1) is 0 Å². The Morgan fingerprint density at radius 2 is 1.83 bits per heavy atom. The Labute approximate surface area is 132 Å². The molecule has 0 aliphatic carbocycles. The quantitative estimate of drug-likeness (QED) is 0.770. The Bertz CT molecular complexity index is 844. The maximum atomic E-state index is 9.86. The molecule has 0 amide bonds. The molecule has 0 unspecified atom stereocenters. The minimum atomic E-state index is 0.148. The molecule has 0 fully saturated rings. The Kier molecular flexibility index (Phi) is 3.27. The van der Waals surface area contributed by atoms with Crippen molar-refractivity contribution in [3.63, 3.8) is 0 Å². The van der Waals surface area contributed by atoms with Gasteiger partial charge in [-0.1, -0.05) is 12.1 Å². The van der Waals surface area contributed by atoms with Crippen LogP contribution in [0.4, 0.5) is 11.7 Å². The molecule has 0 atom stereocenters. The van der Waals surface area contributed by atoms with Gasteiger partial charge in [0.05, 0.1) is 11.8 Å². The summed E-state index contributed by atoms with van der Waals surface area (Å²) in [6.07, 6.45) is 1.56. The highest BCUT2D eigenvalue weighted by atomic mass is 16.6. The fraction of sp³-hybridized carbons (Fsp3) is 0.118. The van der Waals surface area contributed by atoms with Gasteiger partial charge in [-0.05, 0) is 24.3 Å². The van der Waals surface area contributed by atoms with Crippen molar-refractivity contribution in [2.45, 2.75) is 0 Å². The first kappa shape index (κ1) is 13.5. The summed E-state index contributed by atoms with van der Waals surface area (Å²) in [4.78, 5) is 4.18. The lowest BCUT2D eigenvalue weighted by atomic mass is 10.2. The molecule has 4 rings (SSSR count). The van der Waals surface area contributed by atoms with E-state index in [-0.39, 0.29) is 5.75 Å². The van der Waals surface area contributed by atoms with Crippen molar-refractivity contribution in [1.29, 1.82) is 0 Å². The lowest BCUT2D eigenvalue weighted by Gasteiger charge is -2.18. The summed E-state index contributed by atoms with van der Waals surface area (Å²) in [5.41, 5.74) is 1.37. The molecular weight excluding hydrogens is 296 g/mol. The normalized spacial score (nSPS) is 12.9. The van der Waals surface area contributed by atoms with Gasteiger partial charge in [0.15, 0.2) is 17.3 Å². The van der Waals surface area contributed by atoms with E-state index in [1.165, 1.54) is 0 Å². The maximum Gasteiger partial charge on any atom is 0.299 e. The highest BCUT2D eigenvalue weighted by molar-refractivity contribution is 5.66. The summed E-state index contributed by atoms with van der Waals surface area (Å²) in [6.45, 7) is 1.09. The number of phenolic OH excluding ortho intramolecular Hbond substituents is 1. The van der Waals surface area contributed by atoms with Crippen LogP contribution in [0.25, 0.3) is 11.3 Å². The van der Waals surface area contributed by atoms with Crippen LogP contribution in [0.5, 0.6) is 17.2 Å². The predicted molar refractivity (Wildman–Crippen MR) is 84.3 cm³/mol. The number of ether oxygens (including phenoxy) is 2. The minimum absolute atomic E-state index is 0.148. The third kappa shape index (κ3) is 2.66. The second kappa shape index (κ2) is 5.57. The molecule has 6 heteroatoms. The lowest BCUT2D eigenvalue weighted by molar-refractivity contribution is 0.171. The van der Waals surface area contributed by atoms with Crippen LogP contribution in [0.2, 0.25) is 0 Å². The average Bonchev–Trinajstić information content (AvgIpc) is 3.03. The van der Waals surface area contributed by atoms with Gasteiger partial charge in [0.2, 0.25) is 0 Å². The minimum Gasteiger partial charge on any atom is -0.507 e. The second-order valence-electron chi connectivity index (χ2n) is 5.03. The molecule has 2 heterocycles. The van der Waals surface area contributed by atoms with Gasteiger partial charge >= 0.3 is 0 Å². The molecule has 0 saturated carbocycles. The molecule has 2 aromatic carbocycles. The average molecular weight is 310 g/mol. The van der Waals surface area contributed by atoms with Crippen LogP contribution in [0.3, 0.4) is 0 Å². The second-order valence-corrected chi connectivity index (χ2v) is 5.03. The molecule has 0 bridgehead atoms. The Morgan fingerprint density at radius 1 is 1.00 bits per heavy atom. The molecule has 0 spiro atoms. The molecule has 1 aromatic heterocycles. The van der Waals surface area contributed by atoms with Crippen LogP contribution >= 0.6 is 0 Å². The molecular formula is C17H14N2O4. The van der Waals surface area contributed by atoms with Gasteiger partial charge in [-0.25, -0.2) is 4.98 Å². The van der Waals surface area contributed by atoms with E-state index in [2.05, 4.69) is 10.3 Å². The summed E-state index contributed by atoms with van der Waals surface area (Å²) in [7, 11) is 0. The zero-order valence-corrected chi connectivity index (χ0v) is 12.2. The molecule has 1 aliphatic heterocycles. The number of phenols is 1. The van der Waals surface area contributed by atoms with E-state index in [0.717, 1.165) is 11.4 Å². The van der Waals surface area contributed by atoms with Crippen molar-refractivity contribution in [2.24, 2.45) is 0 Å². The number of nitrogens with one attached hydrogen (secondary N) is 1. The molecule has 3 aromatic rings. The van der Waals surface area contributed by atoms with Gasteiger partial charge in [0.1, 0.15) is 19.0 Å². The van der Waals surface area contributed by atoms with E-state index < -0.39 is 0 Å². The van der Waals surface area contributed by atoms with E-state index in [1.807, 2.05) is 24.3 Å². The van der Waals surface area contributed by atoms with Gasteiger partial charge < -0.3 is 24.3 Å². The fourth-order valence-electron chi connectivity index (χ4n) is 2.38. The summed E-state index contributed by atoms with van der Waals surface area (Å²) >= 11 is 0. The fourth-order valence-corrected chi connectivity index (χ4v) is 2.38. The van der Waals surface area contributed by atoms with E-state index in [4.69, 9.17) is 13.9 Å². The monoisotopic (exact) mass is 310 g/mol. The number of nitrogens with zero attached hydrogens (tertiary/aromatic N) is 1. The maximum absolute atomic E-state index is 9.86. The number of aromatic nitrogens is 1. The number of anilines is 2. The van der Waals surface area contributed by atoms with Crippen molar-refractivity contribution in [3.05, 3.63) is 48.7 Å². The van der Waals surface area contributed by atoms with Crippen LogP contribution in [0.15, 0.2) is 53.1 Å². The molecule has 6 nitrogen and oxygen atoms in total. The van der Waals surface area contributed by atoms with Gasteiger partial charge in [-0.2, -0.15) is 0 Å². The van der Waals surface area contributed by atoms with Gasteiger partial charge in [-0.15, -0.1) is 0 Å². The van der Waals surface area contributed by atoms with Crippen molar-refractivity contribution in [2.75, 3.05) is 18.5 Å². The van der Waals surface area contributed by atoms with Gasteiger partial charge in [0, 0.05) is 11.8 Å². The molecule has 0 saturated heterocycles. The third-order valence-electron chi connectivity index (χ3n) is 3.47. The number of oxazole rings is 1. The van der Waals surface area contributed by atoms with Crippen molar-refractivity contribution in [3.8, 4) is 28.6 Å². The van der Waals surface area contributed by atoms with Crippen molar-refractivity contribution in [1.82, 2.24) is 4.98 Å². The van der Waals surface area contributed by atoms with Crippen LogP contribution in [-0.2, 0) is 0 Å². The predicted octanol–water partition coefficient (Wildman–Crippen LogP) is 3.56. The SMILES string of the molecule is Oc1ccccc1-c1cnc(Nc2ccc3c(c2)OCCO3)o1. The number of fused-ring (bicyclic) bond motifs is 1. The molecule has 2 N–H and O–H groups in total. The highest BCUT2D eigenvalue weighted by Crippen LogP contribution is 2.35. The van der Waals surface area contributed by atoms with Crippen LogP contribution in [-0.4, -0.2) is 23.3 Å². The summed E-state index contributed by atoms with van der Waals surface area (Å²) in [5.74, 6) is 2.05. The number of para-hydroxylation sites is 1. The van der Waals surface area contributed by atoms with Crippen LogP contribution < -0.4 is 14.8 Å². The zero-order chi connectivity index (χ0) is 15.6. The summed E-state index contributed by atoms with van der Waals surface area (Å²) in [5, 5.41) is 12.9. The molecule has 116 valence electrons. The highest BCUT2D eigenvalue weighted by Gasteiger charge is 2.14. The largest absolute Gasteiger partial charge is 0.507 e. The van der Waals surface area contributed by atoms with Gasteiger partial charge in [0.25, 0.3) is 6.01 Å². The first-order chi connectivity index (χ1) is 11.3. The first-order valence-electron chi connectivity index (χ1n) is 7.20. The molecule has 1 aliphatic rings. The summed E-state index contributed by atoms with van der Waals surface area (Å²) < 4.78 is 16.7. The molecule has 0 radical (unpaired) electrons. The van der Waals surface area contributed by atoms with E-state index in [1.54, 1.807) is 24.4 Å². The lowest BCUT2D eigenvalue weighted by Crippen LogP contribution is -2.15. The smallest absolute Gasteiger partial charge is 0.299 e. The zero-order valence-electron chi connectivity index (χ0n) is 12.2. The van der Waals surface area contributed by atoms with Crippen LogP contribution in [0.1, 0.15) is 0 Å². The number of hydrogen-bond donors (Lipinski definition) is 2.